The largest absolute Gasteiger partial charge is 0.388 e. The highest BCUT2D eigenvalue weighted by Crippen LogP contribution is 2.28. The lowest BCUT2D eigenvalue weighted by atomic mass is 10.3. The number of thiocarbonyl (C=S) groups is 1. The average molecular weight is 264 g/mol. The number of hydrogen-bond donors (Lipinski definition) is 3. The second-order valence-corrected chi connectivity index (χ2v) is 4.73. The molecule has 0 saturated heterocycles. The van der Waals surface area contributed by atoms with Gasteiger partial charge in [0.25, 0.3) is 0 Å². The Bertz CT molecular complexity index is 459. The van der Waals surface area contributed by atoms with Crippen molar-refractivity contribution in [3.8, 4) is 0 Å². The molecule has 5 nitrogen and oxygen atoms in total. The molecule has 0 aromatic carbocycles. The summed E-state index contributed by atoms with van der Waals surface area (Å²) in [4.78, 5) is 15.7. The van der Waals surface area contributed by atoms with Gasteiger partial charge in [0.1, 0.15) is 4.99 Å². The Hall–Kier alpha value is -1.69. The quantitative estimate of drug-likeness (QED) is 0.519. The van der Waals surface area contributed by atoms with Crippen molar-refractivity contribution in [2.75, 3.05) is 18.4 Å². The van der Waals surface area contributed by atoms with E-state index in [4.69, 9.17) is 18.0 Å². The zero-order valence-electron chi connectivity index (χ0n) is 9.98. The fourth-order valence-electron chi connectivity index (χ4n) is 1.56. The standard InChI is InChI=1S/C12H16N4OS/c13-11(18)10-7-9(3-4-15-10)14-5-6-16-12(17)8-1-2-8/h3-4,7-8H,1-2,5-6H2,(H2,13,18)(H,14,15)(H,16,17). The summed E-state index contributed by atoms with van der Waals surface area (Å²) in [5.74, 6) is 0.419. The topological polar surface area (TPSA) is 80.0 Å². The van der Waals surface area contributed by atoms with Crippen LogP contribution in [0.3, 0.4) is 0 Å². The molecule has 1 fully saturated rings. The Morgan fingerprint density at radius 2 is 2.28 bits per heavy atom. The predicted octanol–water partition coefficient (Wildman–Crippen LogP) is 0.654. The number of amides is 1. The van der Waals surface area contributed by atoms with Crippen LogP contribution in [0, 0.1) is 5.92 Å². The van der Waals surface area contributed by atoms with Crippen LogP contribution in [0.15, 0.2) is 18.3 Å². The summed E-state index contributed by atoms with van der Waals surface area (Å²) >= 11 is 4.86. The Labute approximate surface area is 111 Å². The molecule has 1 aliphatic carbocycles. The highest BCUT2D eigenvalue weighted by Gasteiger charge is 2.28. The summed E-state index contributed by atoms with van der Waals surface area (Å²) < 4.78 is 0. The van der Waals surface area contributed by atoms with Crippen molar-refractivity contribution in [1.82, 2.24) is 10.3 Å². The van der Waals surface area contributed by atoms with Gasteiger partial charge in [0.05, 0.1) is 5.69 Å². The van der Waals surface area contributed by atoms with Crippen LogP contribution in [0.1, 0.15) is 18.5 Å². The van der Waals surface area contributed by atoms with Crippen molar-refractivity contribution in [1.29, 1.82) is 0 Å². The highest BCUT2D eigenvalue weighted by atomic mass is 32.1. The summed E-state index contributed by atoms with van der Waals surface area (Å²) in [6, 6.07) is 3.63. The first kappa shape index (κ1) is 12.8. The fraction of sp³-hybridized carbons (Fsp3) is 0.417. The van der Waals surface area contributed by atoms with Gasteiger partial charge in [0, 0.05) is 30.9 Å². The van der Waals surface area contributed by atoms with E-state index in [0.29, 0.717) is 18.8 Å². The maximum atomic E-state index is 11.4. The number of nitrogens with two attached hydrogens (primary N) is 1. The zero-order chi connectivity index (χ0) is 13.0. The maximum absolute atomic E-state index is 11.4. The van der Waals surface area contributed by atoms with Crippen molar-refractivity contribution in [2.24, 2.45) is 11.7 Å². The van der Waals surface area contributed by atoms with Gasteiger partial charge >= 0.3 is 0 Å². The molecule has 1 saturated carbocycles. The van der Waals surface area contributed by atoms with E-state index >= 15 is 0 Å². The van der Waals surface area contributed by atoms with Crippen molar-refractivity contribution in [3.05, 3.63) is 24.0 Å². The van der Waals surface area contributed by atoms with Crippen LogP contribution in [0.4, 0.5) is 5.69 Å². The van der Waals surface area contributed by atoms with Gasteiger partial charge in [0.15, 0.2) is 0 Å². The van der Waals surface area contributed by atoms with Crippen LogP contribution < -0.4 is 16.4 Å². The number of hydrogen-bond acceptors (Lipinski definition) is 4. The zero-order valence-corrected chi connectivity index (χ0v) is 10.8. The average Bonchev–Trinajstić information content (AvgIpc) is 3.19. The van der Waals surface area contributed by atoms with E-state index in [1.165, 1.54) is 0 Å². The van der Waals surface area contributed by atoms with Gasteiger partial charge in [0.2, 0.25) is 5.91 Å². The molecule has 1 amide bonds. The number of rotatable bonds is 6. The number of pyridine rings is 1. The first-order valence-electron chi connectivity index (χ1n) is 5.94. The van der Waals surface area contributed by atoms with E-state index < -0.39 is 0 Å². The molecule has 96 valence electrons. The van der Waals surface area contributed by atoms with E-state index in [9.17, 15) is 4.79 Å². The molecule has 6 heteroatoms. The second-order valence-electron chi connectivity index (χ2n) is 4.29. The van der Waals surface area contributed by atoms with Crippen LogP contribution in [-0.2, 0) is 4.79 Å². The molecule has 2 rings (SSSR count). The van der Waals surface area contributed by atoms with Gasteiger partial charge in [-0.2, -0.15) is 0 Å². The first-order chi connectivity index (χ1) is 8.66. The number of carbonyl (C=O) groups is 1. The van der Waals surface area contributed by atoms with E-state index in [0.717, 1.165) is 18.5 Å². The second kappa shape index (κ2) is 5.77. The van der Waals surface area contributed by atoms with Gasteiger partial charge in [-0.25, -0.2) is 0 Å². The van der Waals surface area contributed by atoms with Crippen LogP contribution in [0.25, 0.3) is 0 Å². The van der Waals surface area contributed by atoms with Gasteiger partial charge in [-0.15, -0.1) is 0 Å². The molecule has 1 aromatic heterocycles. The molecule has 0 radical (unpaired) electrons. The smallest absolute Gasteiger partial charge is 0.223 e. The summed E-state index contributed by atoms with van der Waals surface area (Å²) in [5.41, 5.74) is 6.99. The molecular weight excluding hydrogens is 248 g/mol. The molecule has 0 aliphatic heterocycles. The molecule has 1 aliphatic rings. The summed E-state index contributed by atoms with van der Waals surface area (Å²) in [7, 11) is 0. The van der Waals surface area contributed by atoms with Crippen molar-refractivity contribution in [2.45, 2.75) is 12.8 Å². The molecule has 1 aromatic rings. The monoisotopic (exact) mass is 264 g/mol. The summed E-state index contributed by atoms with van der Waals surface area (Å²) in [6.07, 6.45) is 3.71. The van der Waals surface area contributed by atoms with Gasteiger partial charge < -0.3 is 16.4 Å². The molecule has 0 spiro atoms. The minimum atomic E-state index is 0.162. The van der Waals surface area contributed by atoms with E-state index in [1.807, 2.05) is 6.07 Å². The van der Waals surface area contributed by atoms with Crippen molar-refractivity contribution < 1.29 is 4.79 Å². The van der Waals surface area contributed by atoms with Crippen LogP contribution >= 0.6 is 12.2 Å². The lowest BCUT2D eigenvalue weighted by Gasteiger charge is -2.08. The van der Waals surface area contributed by atoms with E-state index in [1.54, 1.807) is 12.3 Å². The number of carbonyl (C=O) groups excluding carboxylic acids is 1. The molecule has 4 N–H and O–H groups in total. The third-order valence-corrected chi connectivity index (χ3v) is 2.92. The van der Waals surface area contributed by atoms with Gasteiger partial charge in [-0.1, -0.05) is 12.2 Å². The summed E-state index contributed by atoms with van der Waals surface area (Å²) in [6.45, 7) is 1.28. The van der Waals surface area contributed by atoms with E-state index in [-0.39, 0.29) is 16.8 Å². The Morgan fingerprint density at radius 1 is 1.50 bits per heavy atom. The van der Waals surface area contributed by atoms with Crippen LogP contribution in [0.2, 0.25) is 0 Å². The lowest BCUT2D eigenvalue weighted by molar-refractivity contribution is -0.122. The first-order valence-corrected chi connectivity index (χ1v) is 6.35. The van der Waals surface area contributed by atoms with Crippen LogP contribution in [0.5, 0.6) is 0 Å². The molecule has 1 heterocycles. The SMILES string of the molecule is NC(=S)c1cc(NCCNC(=O)C2CC2)ccn1. The molecular formula is C12H16N4OS. The van der Waals surface area contributed by atoms with Crippen LogP contribution in [-0.4, -0.2) is 29.0 Å². The lowest BCUT2D eigenvalue weighted by Crippen LogP contribution is -2.29. The van der Waals surface area contributed by atoms with E-state index in [2.05, 4.69) is 15.6 Å². The van der Waals surface area contributed by atoms with Gasteiger partial charge in [-0.3, -0.25) is 9.78 Å². The fourth-order valence-corrected chi connectivity index (χ4v) is 1.67. The van der Waals surface area contributed by atoms with Crippen molar-refractivity contribution >= 4 is 28.8 Å². The predicted molar refractivity (Wildman–Crippen MR) is 74.3 cm³/mol. The third kappa shape index (κ3) is 3.66. The van der Waals surface area contributed by atoms with Gasteiger partial charge in [-0.05, 0) is 25.0 Å². The Kier molecular flexibility index (Phi) is 4.09. The number of nitrogens with one attached hydrogen (secondary N) is 2. The minimum absolute atomic E-state index is 0.162. The Balaban J connectivity index is 1.74. The number of nitrogens with zero attached hydrogens (tertiary/aromatic N) is 1. The molecule has 0 atom stereocenters. The van der Waals surface area contributed by atoms with Crippen molar-refractivity contribution in [3.63, 3.8) is 0 Å². The summed E-state index contributed by atoms with van der Waals surface area (Å²) in [5, 5.41) is 6.07. The number of anilines is 1. The Morgan fingerprint density at radius 3 is 2.94 bits per heavy atom. The third-order valence-electron chi connectivity index (χ3n) is 2.71. The molecule has 0 bridgehead atoms. The maximum Gasteiger partial charge on any atom is 0.223 e. The molecule has 18 heavy (non-hydrogen) atoms. The molecule has 0 unspecified atom stereocenters. The highest BCUT2D eigenvalue weighted by molar-refractivity contribution is 7.80. The normalized spacial score (nSPS) is 14.0. The minimum Gasteiger partial charge on any atom is -0.388 e. The number of aromatic nitrogens is 1.